The van der Waals surface area contributed by atoms with E-state index in [4.69, 9.17) is 9.15 Å². The molecule has 6 nitrogen and oxygen atoms in total. The first-order valence-electron chi connectivity index (χ1n) is 9.76. The summed E-state index contributed by atoms with van der Waals surface area (Å²) in [6.45, 7) is 0.117. The number of furan rings is 1. The molecule has 0 fully saturated rings. The number of ketones is 1. The largest absolute Gasteiger partial charge is 0.503 e. The van der Waals surface area contributed by atoms with Crippen LogP contribution in [-0.4, -0.2) is 28.8 Å². The monoisotopic (exact) mass is 415 g/mol. The number of aliphatic hydroxyl groups excluding tert-OH is 1. The maximum Gasteiger partial charge on any atom is 0.290 e. The minimum Gasteiger partial charge on any atom is -0.503 e. The second-order valence-corrected chi connectivity index (χ2v) is 7.06. The van der Waals surface area contributed by atoms with E-state index in [1.54, 1.807) is 49.6 Å². The molecule has 4 rings (SSSR count). The first kappa shape index (κ1) is 20.2. The van der Waals surface area contributed by atoms with Gasteiger partial charge in [0.2, 0.25) is 0 Å². The molecule has 0 saturated heterocycles. The lowest BCUT2D eigenvalue weighted by Gasteiger charge is -2.26. The Balaban J connectivity index is 1.71. The standard InChI is InChI=1S/C25H21NO5/c1-30-19-12-10-18(11-13-19)23-22(21(27)14-9-17-6-3-2-4-7-17)24(28)25(29)26(23)16-20-8-5-15-31-20/h2-15,23,28H,16H2,1H3. The Morgan fingerprint density at radius 3 is 2.48 bits per heavy atom. The number of hydrogen-bond acceptors (Lipinski definition) is 5. The number of nitrogens with zero attached hydrogens (tertiary/aromatic N) is 1. The Morgan fingerprint density at radius 1 is 1.10 bits per heavy atom. The zero-order chi connectivity index (χ0) is 21.8. The molecule has 0 radical (unpaired) electrons. The van der Waals surface area contributed by atoms with E-state index in [0.717, 1.165) is 5.56 Å². The molecule has 1 N–H and O–H groups in total. The first-order valence-corrected chi connectivity index (χ1v) is 9.76. The number of carbonyl (C=O) groups excluding carboxylic acids is 2. The number of benzene rings is 2. The van der Waals surface area contributed by atoms with Crippen molar-refractivity contribution in [1.82, 2.24) is 4.90 Å². The van der Waals surface area contributed by atoms with E-state index in [0.29, 0.717) is 17.1 Å². The third kappa shape index (κ3) is 4.14. The van der Waals surface area contributed by atoms with Crippen LogP contribution in [0.2, 0.25) is 0 Å². The number of hydrogen-bond donors (Lipinski definition) is 1. The molecule has 0 spiro atoms. The molecule has 3 aromatic rings. The van der Waals surface area contributed by atoms with Gasteiger partial charge in [0.05, 0.1) is 31.5 Å². The van der Waals surface area contributed by atoms with E-state index < -0.39 is 23.5 Å². The van der Waals surface area contributed by atoms with Gasteiger partial charge in [0, 0.05) is 0 Å². The molecule has 1 atom stereocenters. The average molecular weight is 415 g/mol. The molecule has 31 heavy (non-hydrogen) atoms. The van der Waals surface area contributed by atoms with Gasteiger partial charge in [-0.15, -0.1) is 0 Å². The van der Waals surface area contributed by atoms with Crippen LogP contribution in [0.25, 0.3) is 6.08 Å². The molecule has 156 valence electrons. The van der Waals surface area contributed by atoms with Gasteiger partial charge >= 0.3 is 0 Å². The molecule has 1 amide bonds. The van der Waals surface area contributed by atoms with E-state index in [-0.39, 0.29) is 12.1 Å². The number of ether oxygens (including phenoxy) is 1. The molecule has 2 aromatic carbocycles. The maximum absolute atomic E-state index is 13.1. The number of amides is 1. The van der Waals surface area contributed by atoms with Crippen LogP contribution in [0.5, 0.6) is 5.75 Å². The summed E-state index contributed by atoms with van der Waals surface area (Å²) in [5.74, 6) is -0.398. The van der Waals surface area contributed by atoms with Gasteiger partial charge in [-0.05, 0) is 41.5 Å². The van der Waals surface area contributed by atoms with Crippen LogP contribution in [0.4, 0.5) is 0 Å². The van der Waals surface area contributed by atoms with E-state index in [9.17, 15) is 14.7 Å². The highest BCUT2D eigenvalue weighted by Crippen LogP contribution is 2.39. The topological polar surface area (TPSA) is 80.0 Å². The quantitative estimate of drug-likeness (QED) is 0.576. The first-order chi connectivity index (χ1) is 15.1. The van der Waals surface area contributed by atoms with Gasteiger partial charge in [0.15, 0.2) is 11.5 Å². The Kier molecular flexibility index (Phi) is 5.71. The van der Waals surface area contributed by atoms with Crippen molar-refractivity contribution in [3.63, 3.8) is 0 Å². The molecule has 1 aromatic heterocycles. The number of rotatable bonds is 7. The van der Waals surface area contributed by atoms with Crippen molar-refractivity contribution in [2.24, 2.45) is 0 Å². The summed E-state index contributed by atoms with van der Waals surface area (Å²) in [5.41, 5.74) is 1.56. The summed E-state index contributed by atoms with van der Waals surface area (Å²) in [6, 6.07) is 19.1. The second-order valence-electron chi connectivity index (χ2n) is 7.06. The highest BCUT2D eigenvalue weighted by Gasteiger charge is 2.43. The fourth-order valence-electron chi connectivity index (χ4n) is 3.60. The Morgan fingerprint density at radius 2 is 1.84 bits per heavy atom. The van der Waals surface area contributed by atoms with Crippen molar-refractivity contribution in [3.8, 4) is 5.75 Å². The summed E-state index contributed by atoms with van der Waals surface area (Å²) in [4.78, 5) is 27.4. The molecular weight excluding hydrogens is 394 g/mol. The smallest absolute Gasteiger partial charge is 0.290 e. The van der Waals surface area contributed by atoms with Crippen molar-refractivity contribution in [1.29, 1.82) is 0 Å². The molecule has 0 aliphatic carbocycles. The fourth-order valence-corrected chi connectivity index (χ4v) is 3.60. The summed E-state index contributed by atoms with van der Waals surface area (Å²) < 4.78 is 10.6. The van der Waals surface area contributed by atoms with Crippen LogP contribution in [0.1, 0.15) is 22.9 Å². The number of allylic oxidation sites excluding steroid dienone is 1. The lowest BCUT2D eigenvalue weighted by Crippen LogP contribution is -2.30. The zero-order valence-electron chi connectivity index (χ0n) is 16.9. The summed E-state index contributed by atoms with van der Waals surface area (Å²) in [6.07, 6.45) is 4.55. The van der Waals surface area contributed by atoms with Gasteiger partial charge in [-0.1, -0.05) is 48.5 Å². The minimum atomic E-state index is -0.753. The Labute approximate surface area is 179 Å². The minimum absolute atomic E-state index is 0.0360. The van der Waals surface area contributed by atoms with Crippen LogP contribution in [0.3, 0.4) is 0 Å². The lowest BCUT2D eigenvalue weighted by atomic mass is 9.95. The van der Waals surface area contributed by atoms with Crippen molar-refractivity contribution >= 4 is 17.8 Å². The van der Waals surface area contributed by atoms with Crippen molar-refractivity contribution < 1.29 is 23.8 Å². The SMILES string of the molecule is COc1ccc(C2C(C(=O)C=Cc3ccccc3)=C(O)C(=O)N2Cc2ccco2)cc1. The molecule has 1 aliphatic heterocycles. The Bertz CT molecular complexity index is 1130. The molecule has 0 saturated carbocycles. The fraction of sp³-hybridized carbons (Fsp3) is 0.120. The van der Waals surface area contributed by atoms with Crippen molar-refractivity contribution in [2.45, 2.75) is 12.6 Å². The maximum atomic E-state index is 13.1. The average Bonchev–Trinajstić information content (AvgIpc) is 3.41. The van der Waals surface area contributed by atoms with Crippen LogP contribution < -0.4 is 4.74 Å². The number of methoxy groups -OCH3 is 1. The van der Waals surface area contributed by atoms with Gasteiger partial charge in [0.1, 0.15) is 11.5 Å². The predicted octanol–water partition coefficient (Wildman–Crippen LogP) is 4.47. The van der Waals surface area contributed by atoms with E-state index in [1.165, 1.54) is 17.2 Å². The third-order valence-corrected chi connectivity index (χ3v) is 5.13. The zero-order valence-corrected chi connectivity index (χ0v) is 16.9. The molecule has 1 unspecified atom stereocenters. The predicted molar refractivity (Wildman–Crippen MR) is 115 cm³/mol. The molecule has 0 bridgehead atoms. The number of aliphatic hydroxyl groups is 1. The Hall–Kier alpha value is -4.06. The van der Waals surface area contributed by atoms with Gasteiger partial charge in [-0.2, -0.15) is 0 Å². The molecule has 6 heteroatoms. The van der Waals surface area contributed by atoms with Gasteiger partial charge in [-0.3, -0.25) is 9.59 Å². The van der Waals surface area contributed by atoms with E-state index in [1.807, 2.05) is 30.3 Å². The summed E-state index contributed by atoms with van der Waals surface area (Å²) in [5, 5.41) is 10.6. The van der Waals surface area contributed by atoms with Crippen LogP contribution in [-0.2, 0) is 16.1 Å². The highest BCUT2D eigenvalue weighted by molar-refractivity contribution is 6.14. The normalized spacial score (nSPS) is 16.4. The summed E-state index contributed by atoms with van der Waals surface area (Å²) in [7, 11) is 1.56. The van der Waals surface area contributed by atoms with Crippen LogP contribution in [0.15, 0.2) is 94.8 Å². The van der Waals surface area contributed by atoms with Gasteiger partial charge in [-0.25, -0.2) is 0 Å². The molecule has 1 aliphatic rings. The molecular formula is C25H21NO5. The highest BCUT2D eigenvalue weighted by atomic mass is 16.5. The van der Waals surface area contributed by atoms with Crippen LogP contribution >= 0.6 is 0 Å². The lowest BCUT2D eigenvalue weighted by molar-refractivity contribution is -0.130. The summed E-state index contributed by atoms with van der Waals surface area (Å²) >= 11 is 0. The second kappa shape index (κ2) is 8.75. The van der Waals surface area contributed by atoms with E-state index >= 15 is 0 Å². The molecule has 2 heterocycles. The third-order valence-electron chi connectivity index (χ3n) is 5.13. The number of carbonyl (C=O) groups is 2. The van der Waals surface area contributed by atoms with Crippen molar-refractivity contribution in [3.05, 3.63) is 107 Å². The van der Waals surface area contributed by atoms with Gasteiger partial charge in [0.25, 0.3) is 5.91 Å². The van der Waals surface area contributed by atoms with Crippen molar-refractivity contribution in [2.75, 3.05) is 7.11 Å². The van der Waals surface area contributed by atoms with E-state index in [2.05, 4.69) is 0 Å². The van der Waals surface area contributed by atoms with Gasteiger partial charge < -0.3 is 19.2 Å². The van der Waals surface area contributed by atoms with Crippen LogP contribution in [0, 0.1) is 0 Å².